The maximum atomic E-state index is 13.0. The van der Waals surface area contributed by atoms with Crippen molar-refractivity contribution < 1.29 is 13.2 Å². The van der Waals surface area contributed by atoms with Crippen LogP contribution in [0.15, 0.2) is 54.9 Å². The molecular weight excluding hydrogens is 253 g/mol. The Morgan fingerprint density at radius 2 is 1.79 bits per heavy atom. The van der Waals surface area contributed by atoms with Crippen LogP contribution in [0.25, 0.3) is 0 Å². The zero-order valence-electron chi connectivity index (χ0n) is 10.1. The van der Waals surface area contributed by atoms with Crippen molar-refractivity contribution in [2.75, 3.05) is 0 Å². The molecule has 2 nitrogen and oxygen atoms in total. The van der Waals surface area contributed by atoms with Crippen LogP contribution in [0, 0.1) is 0 Å². The number of pyridine rings is 1. The summed E-state index contributed by atoms with van der Waals surface area (Å²) in [5.74, 6) is 0. The van der Waals surface area contributed by atoms with Crippen LogP contribution >= 0.6 is 0 Å². The molecule has 19 heavy (non-hydrogen) atoms. The molecule has 1 N–H and O–H groups in total. The summed E-state index contributed by atoms with van der Waals surface area (Å²) in [6.07, 6.45) is -1.20. The highest BCUT2D eigenvalue weighted by Crippen LogP contribution is 2.32. The molecule has 1 aromatic carbocycles. The first-order chi connectivity index (χ1) is 9.07. The van der Waals surface area contributed by atoms with E-state index in [1.165, 1.54) is 12.1 Å². The Labute approximate surface area is 109 Å². The lowest BCUT2D eigenvalue weighted by molar-refractivity contribution is -0.158. The van der Waals surface area contributed by atoms with Gasteiger partial charge in [-0.25, -0.2) is 0 Å². The molecule has 1 heterocycles. The van der Waals surface area contributed by atoms with Gasteiger partial charge in [0, 0.05) is 18.9 Å². The average Bonchev–Trinajstić information content (AvgIpc) is 2.40. The van der Waals surface area contributed by atoms with Crippen molar-refractivity contribution in [2.24, 2.45) is 0 Å². The zero-order chi connectivity index (χ0) is 13.7. The van der Waals surface area contributed by atoms with Crippen molar-refractivity contribution in [1.82, 2.24) is 10.3 Å². The van der Waals surface area contributed by atoms with E-state index in [-0.39, 0.29) is 12.1 Å². The minimum absolute atomic E-state index is 0.118. The summed E-state index contributed by atoms with van der Waals surface area (Å²) in [6.45, 7) is 0.118. The summed E-state index contributed by atoms with van der Waals surface area (Å²) in [5, 5.41) is 2.53. The van der Waals surface area contributed by atoms with Crippen molar-refractivity contribution in [2.45, 2.75) is 18.8 Å². The van der Waals surface area contributed by atoms with Crippen molar-refractivity contribution >= 4 is 0 Å². The fourth-order valence-corrected chi connectivity index (χ4v) is 1.79. The number of aromatic nitrogens is 1. The predicted octanol–water partition coefficient (Wildman–Crippen LogP) is 3.47. The molecule has 0 saturated carbocycles. The van der Waals surface area contributed by atoms with Gasteiger partial charge < -0.3 is 0 Å². The molecule has 2 rings (SSSR count). The Morgan fingerprint density at radius 1 is 1.05 bits per heavy atom. The smallest absolute Gasteiger partial charge is 0.298 e. The highest BCUT2D eigenvalue weighted by atomic mass is 19.4. The summed E-state index contributed by atoms with van der Waals surface area (Å²) in [5.41, 5.74) is 0.923. The lowest BCUT2D eigenvalue weighted by Gasteiger charge is -2.22. The minimum Gasteiger partial charge on any atom is -0.298 e. The number of hydrogen-bond donors (Lipinski definition) is 1. The summed E-state index contributed by atoms with van der Waals surface area (Å²) in [6, 6.07) is 9.58. The second-order valence-electron chi connectivity index (χ2n) is 4.13. The number of benzene rings is 1. The van der Waals surface area contributed by atoms with Crippen LogP contribution in [-0.4, -0.2) is 11.2 Å². The third-order valence-corrected chi connectivity index (χ3v) is 2.69. The summed E-state index contributed by atoms with van der Waals surface area (Å²) in [7, 11) is 0. The van der Waals surface area contributed by atoms with Gasteiger partial charge in [0.2, 0.25) is 0 Å². The van der Waals surface area contributed by atoms with Gasteiger partial charge in [0.25, 0.3) is 0 Å². The first-order valence-electron chi connectivity index (χ1n) is 5.81. The van der Waals surface area contributed by atoms with Crippen molar-refractivity contribution in [1.29, 1.82) is 0 Å². The largest absolute Gasteiger partial charge is 0.407 e. The third-order valence-electron chi connectivity index (χ3n) is 2.69. The molecule has 0 aliphatic carbocycles. The molecule has 0 spiro atoms. The van der Waals surface area contributed by atoms with Crippen LogP contribution in [-0.2, 0) is 6.54 Å². The standard InChI is InChI=1S/C14H13F3N2/c15-14(16,17)13(12-6-2-1-3-7-12)19-10-11-5-4-8-18-9-11/h1-9,13,19H,10H2. The average molecular weight is 266 g/mol. The second-order valence-corrected chi connectivity index (χ2v) is 4.13. The number of nitrogens with one attached hydrogen (secondary N) is 1. The van der Waals surface area contributed by atoms with Crippen molar-refractivity contribution in [3.8, 4) is 0 Å². The van der Waals surface area contributed by atoms with E-state index in [0.29, 0.717) is 5.56 Å². The number of hydrogen-bond acceptors (Lipinski definition) is 2. The highest BCUT2D eigenvalue weighted by Gasteiger charge is 2.40. The van der Waals surface area contributed by atoms with E-state index in [1.807, 2.05) is 0 Å². The van der Waals surface area contributed by atoms with Gasteiger partial charge in [0.15, 0.2) is 0 Å². The van der Waals surface area contributed by atoms with E-state index < -0.39 is 12.2 Å². The number of alkyl halides is 3. The van der Waals surface area contributed by atoms with E-state index in [9.17, 15) is 13.2 Å². The van der Waals surface area contributed by atoms with Gasteiger partial charge in [-0.05, 0) is 17.2 Å². The van der Waals surface area contributed by atoms with Crippen molar-refractivity contribution in [3.05, 3.63) is 66.0 Å². The molecular formula is C14H13F3N2. The van der Waals surface area contributed by atoms with Crippen molar-refractivity contribution in [3.63, 3.8) is 0 Å². The second kappa shape index (κ2) is 5.84. The molecule has 0 radical (unpaired) electrons. The molecule has 2 aromatic rings. The van der Waals surface area contributed by atoms with Gasteiger partial charge in [-0.3, -0.25) is 10.3 Å². The lowest BCUT2D eigenvalue weighted by atomic mass is 10.1. The molecule has 0 amide bonds. The van der Waals surface area contributed by atoms with Gasteiger partial charge in [-0.2, -0.15) is 13.2 Å². The quantitative estimate of drug-likeness (QED) is 0.916. The zero-order valence-corrected chi connectivity index (χ0v) is 10.1. The minimum atomic E-state index is -4.33. The van der Waals surface area contributed by atoms with E-state index in [1.54, 1.807) is 42.7 Å². The monoisotopic (exact) mass is 266 g/mol. The van der Waals surface area contributed by atoms with Gasteiger partial charge in [0.1, 0.15) is 6.04 Å². The molecule has 0 saturated heterocycles. The molecule has 0 aliphatic rings. The van der Waals surface area contributed by atoms with Gasteiger partial charge in [0.05, 0.1) is 0 Å². The third kappa shape index (κ3) is 3.79. The molecule has 100 valence electrons. The van der Waals surface area contributed by atoms with E-state index in [0.717, 1.165) is 0 Å². The van der Waals surface area contributed by atoms with Crippen LogP contribution < -0.4 is 5.32 Å². The molecule has 1 atom stereocenters. The van der Waals surface area contributed by atoms with Gasteiger partial charge in [-0.15, -0.1) is 0 Å². The summed E-state index contributed by atoms with van der Waals surface area (Å²) >= 11 is 0. The number of rotatable bonds is 4. The van der Waals surface area contributed by atoms with Crippen LogP contribution in [0.2, 0.25) is 0 Å². The molecule has 1 aromatic heterocycles. The predicted molar refractivity (Wildman–Crippen MR) is 66.3 cm³/mol. The summed E-state index contributed by atoms with van der Waals surface area (Å²) < 4.78 is 39.1. The Morgan fingerprint density at radius 3 is 2.37 bits per heavy atom. The summed E-state index contributed by atoms with van der Waals surface area (Å²) in [4.78, 5) is 3.88. The first-order valence-corrected chi connectivity index (χ1v) is 5.81. The number of nitrogens with zero attached hydrogens (tertiary/aromatic N) is 1. The lowest BCUT2D eigenvalue weighted by Crippen LogP contribution is -2.33. The number of halogens is 3. The molecule has 0 aliphatic heterocycles. The van der Waals surface area contributed by atoms with Gasteiger partial charge in [-0.1, -0.05) is 36.4 Å². The maximum absolute atomic E-state index is 13.0. The Hall–Kier alpha value is -1.88. The molecule has 0 fully saturated rings. The van der Waals surface area contributed by atoms with Crippen LogP contribution in [0.5, 0.6) is 0 Å². The van der Waals surface area contributed by atoms with Crippen LogP contribution in [0.3, 0.4) is 0 Å². The SMILES string of the molecule is FC(F)(F)C(NCc1cccnc1)c1ccccc1. The molecule has 0 bridgehead atoms. The van der Waals surface area contributed by atoms with Crippen LogP contribution in [0.1, 0.15) is 17.2 Å². The van der Waals surface area contributed by atoms with E-state index in [4.69, 9.17) is 0 Å². The van der Waals surface area contributed by atoms with Gasteiger partial charge >= 0.3 is 6.18 Å². The Balaban J connectivity index is 2.12. The normalized spacial score (nSPS) is 13.2. The first kappa shape index (κ1) is 13.5. The molecule has 1 unspecified atom stereocenters. The van der Waals surface area contributed by atoms with E-state index in [2.05, 4.69) is 10.3 Å². The fourth-order valence-electron chi connectivity index (χ4n) is 1.79. The molecule has 5 heteroatoms. The highest BCUT2D eigenvalue weighted by molar-refractivity contribution is 5.21. The fraction of sp³-hybridized carbons (Fsp3) is 0.214. The van der Waals surface area contributed by atoms with Crippen LogP contribution in [0.4, 0.5) is 13.2 Å². The Bertz CT molecular complexity index is 497. The van der Waals surface area contributed by atoms with E-state index >= 15 is 0 Å². The Kier molecular flexibility index (Phi) is 4.16. The topological polar surface area (TPSA) is 24.9 Å². The maximum Gasteiger partial charge on any atom is 0.407 e.